The largest absolute Gasteiger partial charge is 0.396 e. The van der Waals surface area contributed by atoms with Crippen LogP contribution in [0.2, 0.25) is 0 Å². The fourth-order valence-corrected chi connectivity index (χ4v) is 3.90. The first-order chi connectivity index (χ1) is 8.63. The molecule has 1 unspecified atom stereocenters. The zero-order valence-electron chi connectivity index (χ0n) is 10.3. The third-order valence-electron chi connectivity index (χ3n) is 3.38. The Labute approximate surface area is 108 Å². The summed E-state index contributed by atoms with van der Waals surface area (Å²) < 4.78 is 25.5. The Morgan fingerprint density at radius 2 is 2.00 bits per heavy atom. The molecule has 4 nitrogen and oxygen atoms in total. The number of rotatable bonds is 5. The molecule has 0 radical (unpaired) electrons. The Balaban J connectivity index is 2.00. The van der Waals surface area contributed by atoms with Gasteiger partial charge in [-0.2, -0.15) is 0 Å². The van der Waals surface area contributed by atoms with Crippen molar-refractivity contribution in [3.05, 3.63) is 35.9 Å². The van der Waals surface area contributed by atoms with Crippen LogP contribution in [0.1, 0.15) is 24.3 Å². The number of sulfonamides is 1. The van der Waals surface area contributed by atoms with E-state index in [4.69, 9.17) is 5.11 Å². The zero-order valence-corrected chi connectivity index (χ0v) is 11.1. The Hall–Kier alpha value is -0.910. The lowest BCUT2D eigenvalue weighted by atomic mass is 9.99. The average Bonchev–Trinajstić information content (AvgIpc) is 2.88. The Morgan fingerprint density at radius 3 is 2.67 bits per heavy atom. The van der Waals surface area contributed by atoms with Crippen molar-refractivity contribution in [2.75, 3.05) is 25.4 Å². The van der Waals surface area contributed by atoms with Crippen LogP contribution in [0.25, 0.3) is 0 Å². The van der Waals surface area contributed by atoms with Crippen molar-refractivity contribution in [1.29, 1.82) is 0 Å². The second-order valence-corrected chi connectivity index (χ2v) is 6.74. The van der Waals surface area contributed by atoms with E-state index in [1.54, 1.807) is 4.31 Å². The van der Waals surface area contributed by atoms with Crippen LogP contribution in [0.4, 0.5) is 0 Å². The highest BCUT2D eigenvalue weighted by molar-refractivity contribution is 7.89. The summed E-state index contributed by atoms with van der Waals surface area (Å²) >= 11 is 0. The molecule has 100 valence electrons. The molecule has 1 aromatic rings. The molecule has 2 rings (SSSR count). The van der Waals surface area contributed by atoms with Gasteiger partial charge in [-0.25, -0.2) is 12.7 Å². The fraction of sp³-hybridized carbons (Fsp3) is 0.538. The average molecular weight is 269 g/mol. The van der Waals surface area contributed by atoms with Gasteiger partial charge < -0.3 is 5.11 Å². The van der Waals surface area contributed by atoms with Crippen molar-refractivity contribution < 1.29 is 13.5 Å². The predicted octanol–water partition coefficient (Wildman–Crippen LogP) is 1.19. The van der Waals surface area contributed by atoms with Gasteiger partial charge in [0.1, 0.15) is 0 Å². The number of hydrogen-bond acceptors (Lipinski definition) is 3. The third kappa shape index (κ3) is 3.10. The van der Waals surface area contributed by atoms with Gasteiger partial charge >= 0.3 is 0 Å². The van der Waals surface area contributed by atoms with Crippen LogP contribution in [0.5, 0.6) is 0 Å². The first-order valence-electron chi connectivity index (χ1n) is 6.27. The molecule has 1 aromatic carbocycles. The van der Waals surface area contributed by atoms with Crippen LogP contribution in [-0.4, -0.2) is 43.3 Å². The number of nitrogens with zero attached hydrogens (tertiary/aromatic N) is 1. The molecule has 0 amide bonds. The van der Waals surface area contributed by atoms with Gasteiger partial charge in [0.05, 0.1) is 5.75 Å². The summed E-state index contributed by atoms with van der Waals surface area (Å²) in [5.41, 5.74) is 1.21. The molecule has 0 saturated carbocycles. The lowest BCUT2D eigenvalue weighted by Crippen LogP contribution is -2.31. The monoisotopic (exact) mass is 269 g/mol. The second-order valence-electron chi connectivity index (χ2n) is 4.65. The minimum Gasteiger partial charge on any atom is -0.396 e. The summed E-state index contributed by atoms with van der Waals surface area (Å²) in [6.45, 7) is 1.08. The molecule has 5 heteroatoms. The number of hydrogen-bond donors (Lipinski definition) is 1. The Kier molecular flexibility index (Phi) is 4.37. The molecule has 1 saturated heterocycles. The van der Waals surface area contributed by atoms with Crippen molar-refractivity contribution in [1.82, 2.24) is 4.31 Å². The molecule has 1 heterocycles. The van der Waals surface area contributed by atoms with Crippen LogP contribution >= 0.6 is 0 Å². The SMILES string of the molecule is O=S(=O)(CCCO)N1CCC(c2ccccc2)C1. The molecule has 1 N–H and O–H groups in total. The first-order valence-corrected chi connectivity index (χ1v) is 7.88. The standard InChI is InChI=1S/C13H19NO3S/c15-9-4-10-18(16,17)14-8-7-13(11-14)12-5-2-1-3-6-12/h1-3,5-6,13,15H,4,7-11H2. The fourth-order valence-electron chi connectivity index (χ4n) is 2.35. The van der Waals surface area contributed by atoms with Gasteiger partial charge in [-0.3, -0.25) is 0 Å². The van der Waals surface area contributed by atoms with Crippen molar-refractivity contribution in [3.8, 4) is 0 Å². The maximum atomic E-state index is 12.0. The van der Waals surface area contributed by atoms with E-state index in [-0.39, 0.29) is 12.4 Å². The van der Waals surface area contributed by atoms with Gasteiger partial charge in [-0.05, 0) is 24.3 Å². The van der Waals surface area contributed by atoms with Crippen molar-refractivity contribution in [3.63, 3.8) is 0 Å². The van der Waals surface area contributed by atoms with Gasteiger partial charge in [0.25, 0.3) is 0 Å². The summed E-state index contributed by atoms with van der Waals surface area (Å²) in [7, 11) is -3.19. The third-order valence-corrected chi connectivity index (χ3v) is 5.30. The summed E-state index contributed by atoms with van der Waals surface area (Å²) in [4.78, 5) is 0. The molecule has 0 aromatic heterocycles. The van der Waals surface area contributed by atoms with Gasteiger partial charge in [-0.15, -0.1) is 0 Å². The Bertz CT molecular complexity index is 472. The van der Waals surface area contributed by atoms with Gasteiger partial charge in [0.2, 0.25) is 10.0 Å². The highest BCUT2D eigenvalue weighted by Crippen LogP contribution is 2.28. The minimum atomic E-state index is -3.19. The molecular formula is C13H19NO3S. The number of aliphatic hydroxyl groups is 1. The van der Waals surface area contributed by atoms with E-state index >= 15 is 0 Å². The van der Waals surface area contributed by atoms with E-state index in [1.807, 2.05) is 18.2 Å². The highest BCUT2D eigenvalue weighted by atomic mass is 32.2. The van der Waals surface area contributed by atoms with E-state index in [0.29, 0.717) is 25.4 Å². The smallest absolute Gasteiger partial charge is 0.214 e. The van der Waals surface area contributed by atoms with Gasteiger partial charge in [0.15, 0.2) is 0 Å². The highest BCUT2D eigenvalue weighted by Gasteiger charge is 2.31. The first kappa shape index (κ1) is 13.5. The van der Waals surface area contributed by atoms with E-state index in [1.165, 1.54) is 5.56 Å². The predicted molar refractivity (Wildman–Crippen MR) is 70.9 cm³/mol. The normalized spacial score (nSPS) is 21.3. The van der Waals surface area contributed by atoms with E-state index in [2.05, 4.69) is 12.1 Å². The molecule has 1 aliphatic heterocycles. The van der Waals surface area contributed by atoms with Crippen molar-refractivity contribution >= 4 is 10.0 Å². The summed E-state index contributed by atoms with van der Waals surface area (Å²) in [5.74, 6) is 0.348. The molecule has 0 bridgehead atoms. The quantitative estimate of drug-likeness (QED) is 0.873. The summed E-state index contributed by atoms with van der Waals surface area (Å²) in [6, 6.07) is 10.0. The molecule has 0 aliphatic carbocycles. The van der Waals surface area contributed by atoms with Gasteiger partial charge in [0, 0.05) is 19.7 Å². The van der Waals surface area contributed by atoms with E-state index in [0.717, 1.165) is 6.42 Å². The van der Waals surface area contributed by atoms with Crippen molar-refractivity contribution in [2.45, 2.75) is 18.8 Å². The molecule has 1 fully saturated rings. The van der Waals surface area contributed by atoms with Crippen LogP contribution in [-0.2, 0) is 10.0 Å². The second kappa shape index (κ2) is 5.82. The van der Waals surface area contributed by atoms with Gasteiger partial charge in [-0.1, -0.05) is 30.3 Å². The van der Waals surface area contributed by atoms with Crippen LogP contribution < -0.4 is 0 Å². The lowest BCUT2D eigenvalue weighted by molar-refractivity contribution is 0.294. The molecule has 1 atom stereocenters. The van der Waals surface area contributed by atoms with Crippen LogP contribution in [0, 0.1) is 0 Å². The van der Waals surface area contributed by atoms with Crippen LogP contribution in [0.3, 0.4) is 0 Å². The molecule has 1 aliphatic rings. The lowest BCUT2D eigenvalue weighted by Gasteiger charge is -2.16. The summed E-state index contributed by atoms with van der Waals surface area (Å²) in [6.07, 6.45) is 1.19. The molecule has 0 spiro atoms. The van der Waals surface area contributed by atoms with Crippen LogP contribution in [0.15, 0.2) is 30.3 Å². The van der Waals surface area contributed by atoms with Crippen molar-refractivity contribution in [2.24, 2.45) is 0 Å². The molecule has 18 heavy (non-hydrogen) atoms. The Morgan fingerprint density at radius 1 is 1.28 bits per heavy atom. The maximum absolute atomic E-state index is 12.0. The minimum absolute atomic E-state index is 0.0466. The number of aliphatic hydroxyl groups excluding tert-OH is 1. The molecular weight excluding hydrogens is 250 g/mol. The topological polar surface area (TPSA) is 57.6 Å². The zero-order chi connectivity index (χ0) is 13.0. The maximum Gasteiger partial charge on any atom is 0.214 e. The van der Waals surface area contributed by atoms with E-state index in [9.17, 15) is 8.42 Å². The van der Waals surface area contributed by atoms with E-state index < -0.39 is 10.0 Å². The summed E-state index contributed by atoms with van der Waals surface area (Å²) in [5, 5.41) is 8.72. The number of benzene rings is 1.